The molecule has 1 amide bonds. The van der Waals surface area contributed by atoms with Crippen LogP contribution >= 0.6 is 0 Å². The summed E-state index contributed by atoms with van der Waals surface area (Å²) in [5.74, 6) is 2.14. The molecule has 0 unspecified atom stereocenters. The van der Waals surface area contributed by atoms with E-state index in [1.807, 2.05) is 0 Å². The summed E-state index contributed by atoms with van der Waals surface area (Å²) < 4.78 is 31.0. The van der Waals surface area contributed by atoms with Crippen molar-refractivity contribution in [1.82, 2.24) is 10.0 Å². The molecule has 0 fully saturated rings. The smallest absolute Gasteiger partial charge is 0.244 e. The Balaban J connectivity index is 3.07. The highest BCUT2D eigenvalue weighted by atomic mass is 32.2. The van der Waals surface area contributed by atoms with Gasteiger partial charge in [-0.05, 0) is 30.8 Å². The van der Waals surface area contributed by atoms with Crippen LogP contribution in [-0.2, 0) is 14.8 Å². The number of carbonyl (C=O) groups is 1. The van der Waals surface area contributed by atoms with Crippen LogP contribution in [0, 0.1) is 12.3 Å². The molecular weight excluding hydrogens is 292 g/mol. The van der Waals surface area contributed by atoms with Crippen LogP contribution in [0.4, 0.5) is 0 Å². The van der Waals surface area contributed by atoms with Crippen molar-refractivity contribution in [3.63, 3.8) is 0 Å². The first-order valence-electron chi connectivity index (χ1n) is 5.95. The lowest BCUT2D eigenvalue weighted by Gasteiger charge is -2.09. The summed E-state index contributed by atoms with van der Waals surface area (Å²) in [5, 5.41) is 2.46. The molecule has 0 aliphatic carbocycles. The van der Waals surface area contributed by atoms with Gasteiger partial charge in [-0.25, -0.2) is 13.1 Å². The number of carbonyl (C=O) groups excluding carboxylic acids is 1. The first-order chi connectivity index (χ1) is 9.94. The number of hydrogen-bond acceptors (Lipinski definition) is 4. The molecule has 112 valence electrons. The average molecular weight is 308 g/mol. The lowest BCUT2D eigenvalue weighted by molar-refractivity contribution is -0.116. The van der Waals surface area contributed by atoms with Crippen LogP contribution < -0.4 is 14.8 Å². The molecule has 0 aliphatic rings. The summed E-state index contributed by atoms with van der Waals surface area (Å²) in [7, 11) is -0.960. The number of sulfonamides is 1. The fourth-order valence-electron chi connectivity index (χ4n) is 1.49. The third kappa shape index (κ3) is 4.63. The van der Waals surface area contributed by atoms with E-state index in [9.17, 15) is 13.2 Å². The fourth-order valence-corrected chi connectivity index (χ4v) is 2.41. The van der Waals surface area contributed by atoms with Gasteiger partial charge in [0, 0.05) is 6.08 Å². The summed E-state index contributed by atoms with van der Waals surface area (Å²) in [6, 6.07) is 4.57. The van der Waals surface area contributed by atoms with Gasteiger partial charge in [0.15, 0.2) is 0 Å². The Hall–Kier alpha value is -2.30. The second-order valence-electron chi connectivity index (χ2n) is 3.87. The van der Waals surface area contributed by atoms with Crippen LogP contribution in [0.15, 0.2) is 29.2 Å². The number of methoxy groups -OCH3 is 1. The van der Waals surface area contributed by atoms with Gasteiger partial charge >= 0.3 is 0 Å². The molecular formula is C14H16N2O4S. The molecule has 1 aromatic rings. The highest BCUT2D eigenvalue weighted by Gasteiger charge is 2.17. The number of terminal acetylenes is 1. The second kappa shape index (κ2) is 7.47. The van der Waals surface area contributed by atoms with Gasteiger partial charge in [-0.2, -0.15) is 0 Å². The summed E-state index contributed by atoms with van der Waals surface area (Å²) >= 11 is 0. The van der Waals surface area contributed by atoms with Crippen molar-refractivity contribution in [2.75, 3.05) is 20.7 Å². The van der Waals surface area contributed by atoms with E-state index in [1.165, 1.54) is 38.4 Å². The van der Waals surface area contributed by atoms with E-state index in [0.717, 1.165) is 0 Å². The molecule has 6 nitrogen and oxygen atoms in total. The van der Waals surface area contributed by atoms with E-state index in [4.69, 9.17) is 11.2 Å². The molecule has 1 aromatic carbocycles. The van der Waals surface area contributed by atoms with Crippen LogP contribution in [0.5, 0.6) is 5.75 Å². The Kier molecular flexibility index (Phi) is 5.96. The van der Waals surface area contributed by atoms with E-state index in [-0.39, 0.29) is 23.1 Å². The zero-order valence-corrected chi connectivity index (χ0v) is 12.5. The third-order valence-corrected chi connectivity index (χ3v) is 3.97. The van der Waals surface area contributed by atoms with E-state index < -0.39 is 10.0 Å². The topological polar surface area (TPSA) is 84.5 Å². The first-order valence-corrected chi connectivity index (χ1v) is 7.44. The molecule has 2 N–H and O–H groups in total. The van der Waals surface area contributed by atoms with Crippen LogP contribution in [0.2, 0.25) is 0 Å². The maximum Gasteiger partial charge on any atom is 0.244 e. The minimum absolute atomic E-state index is 0.00122. The Labute approximate surface area is 124 Å². The minimum atomic E-state index is -3.65. The maximum atomic E-state index is 11.9. The summed E-state index contributed by atoms with van der Waals surface area (Å²) in [6.07, 6.45) is 7.78. The van der Waals surface area contributed by atoms with E-state index >= 15 is 0 Å². The molecule has 0 heterocycles. The van der Waals surface area contributed by atoms with Crippen molar-refractivity contribution in [1.29, 1.82) is 0 Å². The lowest BCUT2D eigenvalue weighted by atomic mass is 10.2. The molecule has 21 heavy (non-hydrogen) atoms. The third-order valence-electron chi connectivity index (χ3n) is 2.54. The van der Waals surface area contributed by atoms with Gasteiger partial charge in [0.05, 0.1) is 13.7 Å². The molecule has 0 aliphatic heterocycles. The molecule has 0 spiro atoms. The number of rotatable bonds is 6. The summed E-state index contributed by atoms with van der Waals surface area (Å²) in [4.78, 5) is 11.4. The Bertz CT molecular complexity index is 687. The van der Waals surface area contributed by atoms with Gasteiger partial charge in [0.25, 0.3) is 0 Å². The van der Waals surface area contributed by atoms with E-state index in [0.29, 0.717) is 5.56 Å². The number of benzene rings is 1. The van der Waals surface area contributed by atoms with Crippen LogP contribution in [0.1, 0.15) is 5.56 Å². The Morgan fingerprint density at radius 1 is 1.48 bits per heavy atom. The van der Waals surface area contributed by atoms with Crippen molar-refractivity contribution >= 4 is 22.0 Å². The molecule has 7 heteroatoms. The van der Waals surface area contributed by atoms with Crippen LogP contribution in [0.25, 0.3) is 6.08 Å². The van der Waals surface area contributed by atoms with Gasteiger partial charge in [0.2, 0.25) is 15.9 Å². The minimum Gasteiger partial charge on any atom is -0.495 e. The number of amides is 1. The van der Waals surface area contributed by atoms with Crippen LogP contribution in [-0.4, -0.2) is 35.0 Å². The first kappa shape index (κ1) is 16.8. The van der Waals surface area contributed by atoms with Gasteiger partial charge < -0.3 is 10.1 Å². The standard InChI is InChI=1S/C14H16N2O4S/c1-4-9-16-14(17)8-6-11-5-7-12(20-3)13(10-11)21(18,19)15-2/h1,5-8,10,15H,9H2,2-3H3,(H,16,17). The van der Waals surface area contributed by atoms with E-state index in [2.05, 4.69) is 16.0 Å². The molecule has 0 aromatic heterocycles. The van der Waals surface area contributed by atoms with Crippen molar-refractivity contribution in [2.24, 2.45) is 0 Å². The monoisotopic (exact) mass is 308 g/mol. The van der Waals surface area contributed by atoms with Gasteiger partial charge in [-0.3, -0.25) is 4.79 Å². The molecule has 0 radical (unpaired) electrons. The van der Waals surface area contributed by atoms with Crippen molar-refractivity contribution < 1.29 is 17.9 Å². The quantitative estimate of drug-likeness (QED) is 0.587. The highest BCUT2D eigenvalue weighted by molar-refractivity contribution is 7.89. The maximum absolute atomic E-state index is 11.9. The van der Waals surface area contributed by atoms with Gasteiger partial charge in [0.1, 0.15) is 10.6 Å². The predicted octanol–water partition coefficient (Wildman–Crippen LogP) is 0.366. The largest absolute Gasteiger partial charge is 0.495 e. The molecule has 1 rings (SSSR count). The number of hydrogen-bond donors (Lipinski definition) is 2. The van der Waals surface area contributed by atoms with Crippen LogP contribution in [0.3, 0.4) is 0 Å². The van der Waals surface area contributed by atoms with Crippen molar-refractivity contribution in [2.45, 2.75) is 4.90 Å². The number of ether oxygens (including phenoxy) is 1. The van der Waals surface area contributed by atoms with Crippen molar-refractivity contribution in [3.8, 4) is 18.1 Å². The summed E-state index contributed by atoms with van der Waals surface area (Å²) in [6.45, 7) is 0.130. The van der Waals surface area contributed by atoms with Gasteiger partial charge in [-0.1, -0.05) is 12.0 Å². The second-order valence-corrected chi connectivity index (χ2v) is 5.73. The van der Waals surface area contributed by atoms with Crippen molar-refractivity contribution in [3.05, 3.63) is 29.8 Å². The zero-order chi connectivity index (χ0) is 15.9. The SMILES string of the molecule is C#CCNC(=O)C=Cc1ccc(OC)c(S(=O)(=O)NC)c1. The lowest BCUT2D eigenvalue weighted by Crippen LogP contribution is -2.20. The Morgan fingerprint density at radius 2 is 2.19 bits per heavy atom. The highest BCUT2D eigenvalue weighted by Crippen LogP contribution is 2.25. The normalized spacial score (nSPS) is 11.1. The average Bonchev–Trinajstić information content (AvgIpc) is 2.50. The molecule has 0 atom stereocenters. The zero-order valence-electron chi connectivity index (χ0n) is 11.7. The molecule has 0 saturated carbocycles. The van der Waals surface area contributed by atoms with E-state index in [1.54, 1.807) is 6.07 Å². The summed E-state index contributed by atoms with van der Waals surface area (Å²) in [5.41, 5.74) is 0.542. The van der Waals surface area contributed by atoms with Gasteiger partial charge in [-0.15, -0.1) is 6.42 Å². The Morgan fingerprint density at radius 3 is 2.76 bits per heavy atom. The fraction of sp³-hybridized carbons (Fsp3) is 0.214. The number of nitrogens with one attached hydrogen (secondary N) is 2. The molecule has 0 saturated heterocycles. The predicted molar refractivity (Wildman–Crippen MR) is 80.1 cm³/mol. The molecule has 0 bridgehead atoms.